The lowest BCUT2D eigenvalue weighted by Crippen LogP contribution is -2.52. The van der Waals surface area contributed by atoms with E-state index in [0.29, 0.717) is 21.5 Å². The van der Waals surface area contributed by atoms with Crippen molar-refractivity contribution < 1.29 is 28.0 Å². The lowest BCUT2D eigenvalue weighted by molar-refractivity contribution is -0.154. The zero-order chi connectivity index (χ0) is 24.8. The third-order valence-corrected chi connectivity index (χ3v) is 6.17. The summed E-state index contributed by atoms with van der Waals surface area (Å²) in [5.41, 5.74) is 0.586. The molecule has 7 nitrogen and oxygen atoms in total. The number of carbonyl (C=O) groups is 4. The maximum Gasteiger partial charge on any atom is 0.348 e. The second-order valence-electron chi connectivity index (χ2n) is 8.14. The molecule has 1 N–H and O–H groups in total. The standard InChI is InChI=1S/C22H16B2ClF2N3O4/c23-15-8-13(2-4-16(15)25)22(26,27)21(34)30(24)9-11-1-3-14-12(7-11)10-29(20(14)33)17-5-6-18(31)28-19(17)32/h1-4,7-8,17H,5-6,9-10H2,(H,28,31,32). The molecular formula is C22H16B2ClF2N3O4. The minimum absolute atomic E-state index is 0.0793. The summed E-state index contributed by atoms with van der Waals surface area (Å²) in [5, 5.41) is 2.30. The maximum atomic E-state index is 14.7. The van der Waals surface area contributed by atoms with Crippen molar-refractivity contribution in [3.63, 3.8) is 0 Å². The van der Waals surface area contributed by atoms with Crippen LogP contribution in [0.5, 0.6) is 0 Å². The fourth-order valence-electron chi connectivity index (χ4n) is 4.04. The van der Waals surface area contributed by atoms with Gasteiger partial charge in [-0.2, -0.15) is 8.78 Å². The van der Waals surface area contributed by atoms with Crippen molar-refractivity contribution in [2.75, 3.05) is 0 Å². The Hall–Kier alpha value is -3.20. The van der Waals surface area contributed by atoms with E-state index in [-0.39, 0.29) is 42.3 Å². The molecule has 2 aliphatic rings. The molecule has 34 heavy (non-hydrogen) atoms. The second-order valence-corrected chi connectivity index (χ2v) is 8.54. The van der Waals surface area contributed by atoms with E-state index in [4.69, 9.17) is 27.4 Å². The number of alkyl halides is 2. The van der Waals surface area contributed by atoms with Crippen molar-refractivity contribution in [1.29, 1.82) is 0 Å². The summed E-state index contributed by atoms with van der Waals surface area (Å²) in [4.78, 5) is 50.5. The van der Waals surface area contributed by atoms with Crippen molar-refractivity contribution in [2.45, 2.75) is 37.9 Å². The van der Waals surface area contributed by atoms with Gasteiger partial charge in [-0.25, -0.2) is 0 Å². The second kappa shape index (κ2) is 8.87. The monoisotopic (exact) mass is 481 g/mol. The minimum atomic E-state index is -3.94. The molecule has 0 saturated carbocycles. The zero-order valence-electron chi connectivity index (χ0n) is 17.7. The number of carbonyl (C=O) groups excluding carboxylic acids is 4. The summed E-state index contributed by atoms with van der Waals surface area (Å²) >= 11 is 5.76. The van der Waals surface area contributed by atoms with E-state index in [9.17, 15) is 28.0 Å². The first-order valence-electron chi connectivity index (χ1n) is 10.3. The van der Waals surface area contributed by atoms with Crippen LogP contribution in [-0.4, -0.2) is 55.2 Å². The Kier molecular flexibility index (Phi) is 6.24. The van der Waals surface area contributed by atoms with Crippen molar-refractivity contribution in [3.05, 3.63) is 63.7 Å². The Morgan fingerprint density at radius 3 is 2.62 bits per heavy atom. The van der Waals surface area contributed by atoms with Crippen molar-refractivity contribution in [1.82, 2.24) is 15.0 Å². The van der Waals surface area contributed by atoms with Crippen LogP contribution in [0.1, 0.15) is 39.9 Å². The van der Waals surface area contributed by atoms with Gasteiger partial charge in [-0.05, 0) is 29.7 Å². The molecular weight excluding hydrogens is 465 g/mol. The van der Waals surface area contributed by atoms with Crippen molar-refractivity contribution in [2.24, 2.45) is 0 Å². The van der Waals surface area contributed by atoms with Gasteiger partial charge in [-0.1, -0.05) is 41.3 Å². The maximum absolute atomic E-state index is 14.7. The van der Waals surface area contributed by atoms with Crippen LogP contribution in [0.2, 0.25) is 5.02 Å². The molecule has 2 aliphatic heterocycles. The van der Waals surface area contributed by atoms with Crippen LogP contribution in [-0.2, 0) is 33.4 Å². The average molecular weight is 481 g/mol. The molecule has 0 aromatic heterocycles. The van der Waals surface area contributed by atoms with Gasteiger partial charge in [0.05, 0.1) is 0 Å². The van der Waals surface area contributed by atoms with Gasteiger partial charge in [-0.3, -0.25) is 24.5 Å². The van der Waals surface area contributed by atoms with Crippen LogP contribution in [0.4, 0.5) is 8.78 Å². The molecule has 4 rings (SSSR count). The summed E-state index contributed by atoms with van der Waals surface area (Å²) in [7, 11) is 11.2. The Balaban J connectivity index is 1.48. The van der Waals surface area contributed by atoms with E-state index in [1.807, 2.05) is 0 Å². The van der Waals surface area contributed by atoms with Gasteiger partial charge in [0.1, 0.15) is 13.9 Å². The highest BCUT2D eigenvalue weighted by molar-refractivity contribution is 6.45. The summed E-state index contributed by atoms with van der Waals surface area (Å²) in [5.74, 6) is -6.89. The fraction of sp³-hybridized carbons (Fsp3) is 0.273. The number of imide groups is 1. The molecule has 4 radical (unpaired) electrons. The normalized spacial score (nSPS) is 18.0. The first-order valence-corrected chi connectivity index (χ1v) is 10.6. The van der Waals surface area contributed by atoms with Gasteiger partial charge in [0.2, 0.25) is 19.8 Å². The number of hydrogen-bond acceptors (Lipinski definition) is 4. The first kappa shape index (κ1) is 23.9. The average Bonchev–Trinajstić information content (AvgIpc) is 3.10. The molecule has 2 aromatic carbocycles. The molecule has 2 aromatic rings. The highest BCUT2D eigenvalue weighted by Crippen LogP contribution is 2.32. The lowest BCUT2D eigenvalue weighted by Gasteiger charge is -2.29. The summed E-state index contributed by atoms with van der Waals surface area (Å²) in [6.45, 7) is -0.246. The van der Waals surface area contributed by atoms with E-state index >= 15 is 0 Å². The zero-order valence-corrected chi connectivity index (χ0v) is 18.4. The van der Waals surface area contributed by atoms with Crippen LogP contribution in [0, 0.1) is 0 Å². The van der Waals surface area contributed by atoms with Crippen molar-refractivity contribution >= 4 is 56.5 Å². The molecule has 4 amide bonds. The van der Waals surface area contributed by atoms with E-state index in [1.54, 1.807) is 6.07 Å². The molecule has 1 saturated heterocycles. The van der Waals surface area contributed by atoms with E-state index in [2.05, 4.69) is 5.32 Å². The van der Waals surface area contributed by atoms with Gasteiger partial charge >= 0.3 is 5.92 Å². The van der Waals surface area contributed by atoms with Gasteiger partial charge in [-0.15, -0.1) is 0 Å². The Morgan fingerprint density at radius 2 is 1.94 bits per heavy atom. The molecule has 0 bridgehead atoms. The third kappa shape index (κ3) is 4.32. The number of benzene rings is 2. The molecule has 1 unspecified atom stereocenters. The molecule has 1 atom stereocenters. The van der Waals surface area contributed by atoms with Crippen LogP contribution in [0.25, 0.3) is 0 Å². The van der Waals surface area contributed by atoms with Crippen LogP contribution in [0.3, 0.4) is 0 Å². The lowest BCUT2D eigenvalue weighted by atomic mass is 9.92. The number of halogens is 3. The van der Waals surface area contributed by atoms with E-state index in [1.165, 1.54) is 23.1 Å². The number of piperidine rings is 1. The predicted octanol–water partition coefficient (Wildman–Crippen LogP) is 1.10. The van der Waals surface area contributed by atoms with Crippen LogP contribution < -0.4 is 10.8 Å². The number of nitrogens with one attached hydrogen (secondary N) is 1. The molecule has 2 heterocycles. The van der Waals surface area contributed by atoms with Crippen molar-refractivity contribution in [3.8, 4) is 0 Å². The number of fused-ring (bicyclic) bond motifs is 1. The minimum Gasteiger partial charge on any atom is -0.387 e. The summed E-state index contributed by atoms with van der Waals surface area (Å²) < 4.78 is 29.4. The summed E-state index contributed by atoms with van der Waals surface area (Å²) in [6.07, 6.45) is 0.339. The quantitative estimate of drug-likeness (QED) is 0.512. The van der Waals surface area contributed by atoms with Gasteiger partial charge in [0.15, 0.2) is 0 Å². The largest absolute Gasteiger partial charge is 0.387 e. The van der Waals surface area contributed by atoms with E-state index < -0.39 is 35.2 Å². The predicted molar refractivity (Wildman–Crippen MR) is 120 cm³/mol. The molecule has 12 heteroatoms. The molecule has 0 spiro atoms. The number of hydrogen-bond donors (Lipinski definition) is 1. The highest BCUT2D eigenvalue weighted by Gasteiger charge is 2.43. The Bertz CT molecular complexity index is 1230. The van der Waals surface area contributed by atoms with Crippen LogP contribution in [0.15, 0.2) is 36.4 Å². The molecule has 0 aliphatic carbocycles. The molecule has 170 valence electrons. The topological polar surface area (TPSA) is 86.8 Å². The van der Waals surface area contributed by atoms with Gasteiger partial charge in [0, 0.05) is 35.7 Å². The Morgan fingerprint density at radius 1 is 1.21 bits per heavy atom. The summed E-state index contributed by atoms with van der Waals surface area (Å²) in [6, 6.07) is 6.86. The highest BCUT2D eigenvalue weighted by atomic mass is 35.5. The fourth-order valence-corrected chi connectivity index (χ4v) is 4.16. The molecule has 1 fully saturated rings. The number of amides is 4. The van der Waals surface area contributed by atoms with E-state index in [0.717, 1.165) is 12.1 Å². The number of rotatable bonds is 5. The third-order valence-electron chi connectivity index (χ3n) is 5.83. The smallest absolute Gasteiger partial charge is 0.348 e. The first-order chi connectivity index (χ1) is 16.0. The number of nitrogens with zero attached hydrogens (tertiary/aromatic N) is 2. The van der Waals surface area contributed by atoms with Gasteiger partial charge in [0.25, 0.3) is 11.8 Å². The van der Waals surface area contributed by atoms with Crippen LogP contribution >= 0.6 is 11.6 Å². The Labute approximate surface area is 201 Å². The van der Waals surface area contributed by atoms with Gasteiger partial charge < -0.3 is 9.71 Å². The SMILES string of the molecule is [B]c1cc(C(F)(F)C(=O)N([B])Cc2ccc3c(c2)CN(C2CCC(=O)NC2=O)C3=O)ccc1Cl.